The molecule has 0 spiro atoms. The van der Waals surface area contributed by atoms with Gasteiger partial charge in [-0.2, -0.15) is 0 Å². The smallest absolute Gasteiger partial charge is 0.191 e. The fraction of sp³-hybridized carbons (Fsp3) is 0.533. The molecular formula is C15H21IN4S. The summed E-state index contributed by atoms with van der Waals surface area (Å²) in [6.45, 7) is 11.6. The predicted octanol–water partition coefficient (Wildman–Crippen LogP) is 4.63. The van der Waals surface area contributed by atoms with Crippen LogP contribution in [0.1, 0.15) is 45.5 Å². The van der Waals surface area contributed by atoms with E-state index < -0.39 is 0 Å². The molecule has 0 aliphatic rings. The first-order valence-electron chi connectivity index (χ1n) is 7.07. The highest BCUT2D eigenvalue weighted by Gasteiger charge is 2.24. The molecule has 0 aliphatic carbocycles. The highest BCUT2D eigenvalue weighted by atomic mass is 127. The zero-order valence-electron chi connectivity index (χ0n) is 13.1. The number of halogens is 1. The first kappa shape index (κ1) is 16.6. The van der Waals surface area contributed by atoms with Gasteiger partial charge in [0.25, 0.3) is 0 Å². The third-order valence-electron chi connectivity index (χ3n) is 2.91. The summed E-state index contributed by atoms with van der Waals surface area (Å²) in [6, 6.07) is 0. The van der Waals surface area contributed by atoms with E-state index in [1.54, 1.807) is 11.3 Å². The number of aromatic nitrogens is 3. The summed E-state index contributed by atoms with van der Waals surface area (Å²) in [4.78, 5) is 14.0. The van der Waals surface area contributed by atoms with Gasteiger partial charge >= 0.3 is 0 Å². The lowest BCUT2D eigenvalue weighted by Gasteiger charge is -2.21. The Bertz CT molecular complexity index is 631. The molecule has 0 amide bonds. The van der Waals surface area contributed by atoms with Crippen LogP contribution in [0.25, 0.3) is 10.8 Å². The Kier molecular flexibility index (Phi) is 5.19. The van der Waals surface area contributed by atoms with Crippen molar-refractivity contribution >= 4 is 39.7 Å². The molecule has 114 valence electrons. The number of nitrogens with zero attached hydrogens (tertiary/aromatic N) is 3. The second-order valence-corrected chi connectivity index (χ2v) is 7.97. The SMILES string of the molecule is CCCNc1nc(-c2nc(C)cs2)nc(C(C)(C)C)c1I. The van der Waals surface area contributed by atoms with Crippen molar-refractivity contribution in [3.8, 4) is 10.8 Å². The largest absolute Gasteiger partial charge is 0.369 e. The lowest BCUT2D eigenvalue weighted by atomic mass is 9.92. The number of nitrogens with one attached hydrogen (secondary N) is 1. The summed E-state index contributed by atoms with van der Waals surface area (Å²) in [7, 11) is 0. The Morgan fingerprint density at radius 3 is 2.48 bits per heavy atom. The third-order valence-corrected chi connectivity index (χ3v) is 4.89. The second-order valence-electron chi connectivity index (χ2n) is 6.03. The average Bonchev–Trinajstić information content (AvgIpc) is 2.83. The van der Waals surface area contributed by atoms with Crippen LogP contribution in [0.4, 0.5) is 5.82 Å². The maximum Gasteiger partial charge on any atom is 0.191 e. The summed E-state index contributed by atoms with van der Waals surface area (Å²) < 4.78 is 1.10. The van der Waals surface area contributed by atoms with E-state index in [1.807, 2.05) is 12.3 Å². The zero-order chi connectivity index (χ0) is 15.6. The minimum atomic E-state index is -0.0246. The summed E-state index contributed by atoms with van der Waals surface area (Å²) in [6.07, 6.45) is 1.07. The molecule has 0 radical (unpaired) electrons. The topological polar surface area (TPSA) is 50.7 Å². The van der Waals surface area contributed by atoms with Gasteiger partial charge in [0.1, 0.15) is 5.82 Å². The van der Waals surface area contributed by atoms with E-state index in [1.165, 1.54) is 0 Å². The number of rotatable bonds is 4. The van der Waals surface area contributed by atoms with Gasteiger partial charge in [0.05, 0.1) is 9.26 Å². The quantitative estimate of drug-likeness (QED) is 0.739. The number of hydrogen-bond donors (Lipinski definition) is 1. The van der Waals surface area contributed by atoms with Crippen LogP contribution in [-0.4, -0.2) is 21.5 Å². The molecular weight excluding hydrogens is 395 g/mol. The van der Waals surface area contributed by atoms with Crippen LogP contribution >= 0.6 is 33.9 Å². The molecule has 0 aromatic carbocycles. The van der Waals surface area contributed by atoms with E-state index in [2.05, 4.69) is 65.6 Å². The van der Waals surface area contributed by atoms with E-state index in [0.29, 0.717) is 0 Å². The molecule has 1 N–H and O–H groups in total. The van der Waals surface area contributed by atoms with Crippen LogP contribution in [0.2, 0.25) is 0 Å². The van der Waals surface area contributed by atoms with Crippen LogP contribution in [0, 0.1) is 10.5 Å². The van der Waals surface area contributed by atoms with Crippen molar-refractivity contribution in [2.75, 3.05) is 11.9 Å². The van der Waals surface area contributed by atoms with Crippen LogP contribution in [0.3, 0.4) is 0 Å². The standard InChI is InChI=1S/C15H21IN4S/c1-6-7-17-12-10(16)11(15(3,4)5)19-13(20-12)14-18-9(2)8-21-14/h8H,6-7H2,1-5H3,(H,17,19,20). The van der Waals surface area contributed by atoms with Gasteiger partial charge in [0.2, 0.25) is 0 Å². The van der Waals surface area contributed by atoms with Crippen LogP contribution in [-0.2, 0) is 5.41 Å². The Balaban J connectivity index is 2.55. The van der Waals surface area contributed by atoms with Crippen LogP contribution < -0.4 is 5.32 Å². The van der Waals surface area contributed by atoms with E-state index in [4.69, 9.17) is 4.98 Å². The average molecular weight is 416 g/mol. The molecule has 0 fully saturated rings. The summed E-state index contributed by atoms with van der Waals surface area (Å²) >= 11 is 3.94. The summed E-state index contributed by atoms with van der Waals surface area (Å²) in [5.74, 6) is 1.64. The zero-order valence-corrected chi connectivity index (χ0v) is 16.1. The van der Waals surface area contributed by atoms with Gasteiger partial charge < -0.3 is 5.32 Å². The lowest BCUT2D eigenvalue weighted by molar-refractivity contribution is 0.564. The van der Waals surface area contributed by atoms with Gasteiger partial charge in [0, 0.05) is 23.0 Å². The molecule has 0 unspecified atom stereocenters. The van der Waals surface area contributed by atoms with Gasteiger partial charge in [0.15, 0.2) is 10.8 Å². The van der Waals surface area contributed by atoms with Gasteiger partial charge in [-0.1, -0.05) is 27.7 Å². The van der Waals surface area contributed by atoms with Crippen LogP contribution in [0.15, 0.2) is 5.38 Å². The Labute approximate surface area is 144 Å². The molecule has 6 heteroatoms. The highest BCUT2D eigenvalue weighted by molar-refractivity contribution is 14.1. The molecule has 2 aromatic rings. The fourth-order valence-electron chi connectivity index (χ4n) is 1.86. The monoisotopic (exact) mass is 416 g/mol. The van der Waals surface area contributed by atoms with Gasteiger partial charge in [-0.25, -0.2) is 15.0 Å². The van der Waals surface area contributed by atoms with Crippen molar-refractivity contribution < 1.29 is 0 Å². The molecule has 0 saturated heterocycles. The van der Waals surface area contributed by atoms with E-state index in [-0.39, 0.29) is 5.41 Å². The molecule has 0 saturated carbocycles. The van der Waals surface area contributed by atoms with Crippen molar-refractivity contribution in [3.05, 3.63) is 20.3 Å². The first-order valence-corrected chi connectivity index (χ1v) is 9.03. The van der Waals surface area contributed by atoms with Gasteiger partial charge in [-0.3, -0.25) is 0 Å². The molecule has 2 heterocycles. The molecule has 4 nitrogen and oxygen atoms in total. The van der Waals surface area contributed by atoms with Crippen LogP contribution in [0.5, 0.6) is 0 Å². The van der Waals surface area contributed by atoms with Crippen molar-refractivity contribution in [2.24, 2.45) is 0 Å². The number of anilines is 1. The second kappa shape index (κ2) is 6.56. The maximum absolute atomic E-state index is 4.79. The summed E-state index contributed by atoms with van der Waals surface area (Å²) in [5, 5.41) is 6.33. The highest BCUT2D eigenvalue weighted by Crippen LogP contribution is 2.32. The Morgan fingerprint density at radius 2 is 1.95 bits per heavy atom. The van der Waals surface area contributed by atoms with Gasteiger partial charge in [-0.15, -0.1) is 11.3 Å². The van der Waals surface area contributed by atoms with Gasteiger partial charge in [-0.05, 0) is 35.9 Å². The number of hydrogen-bond acceptors (Lipinski definition) is 5. The normalized spacial score (nSPS) is 11.7. The molecule has 2 aromatic heterocycles. The van der Waals surface area contributed by atoms with Crippen molar-refractivity contribution in [2.45, 2.75) is 46.5 Å². The third kappa shape index (κ3) is 3.91. The minimum absolute atomic E-state index is 0.0246. The molecule has 0 bridgehead atoms. The molecule has 21 heavy (non-hydrogen) atoms. The molecule has 0 atom stereocenters. The maximum atomic E-state index is 4.79. The first-order chi connectivity index (χ1) is 9.82. The van der Waals surface area contributed by atoms with E-state index in [9.17, 15) is 0 Å². The number of thiazole rings is 1. The Morgan fingerprint density at radius 1 is 1.24 bits per heavy atom. The van der Waals surface area contributed by atoms with Crippen molar-refractivity contribution in [1.29, 1.82) is 0 Å². The van der Waals surface area contributed by atoms with Crippen molar-refractivity contribution in [1.82, 2.24) is 15.0 Å². The fourth-order valence-corrected chi connectivity index (χ4v) is 3.83. The summed E-state index contributed by atoms with van der Waals surface area (Å²) in [5.41, 5.74) is 2.06. The van der Waals surface area contributed by atoms with E-state index in [0.717, 1.165) is 44.6 Å². The number of aryl methyl sites for hydroxylation is 1. The molecule has 0 aliphatic heterocycles. The lowest BCUT2D eigenvalue weighted by Crippen LogP contribution is -2.19. The minimum Gasteiger partial charge on any atom is -0.369 e. The molecule has 2 rings (SSSR count). The Hall–Kier alpha value is -0.760. The van der Waals surface area contributed by atoms with E-state index >= 15 is 0 Å². The van der Waals surface area contributed by atoms with Crippen molar-refractivity contribution in [3.63, 3.8) is 0 Å². The predicted molar refractivity (Wildman–Crippen MR) is 98.1 cm³/mol.